The SMILES string of the molecule is CC1(C)CC(=NO)CC(C)(C)N1OC1CCCCC1. The van der Waals surface area contributed by atoms with Gasteiger partial charge in [-0.25, -0.2) is 0 Å². The molecule has 1 heterocycles. The van der Waals surface area contributed by atoms with Crippen molar-refractivity contribution < 1.29 is 10.0 Å². The van der Waals surface area contributed by atoms with Crippen molar-refractivity contribution in [1.82, 2.24) is 5.06 Å². The molecule has 0 atom stereocenters. The molecule has 110 valence electrons. The average Bonchev–Trinajstić information content (AvgIpc) is 2.34. The molecule has 19 heavy (non-hydrogen) atoms. The fourth-order valence-corrected chi connectivity index (χ4v) is 3.70. The van der Waals surface area contributed by atoms with Crippen molar-refractivity contribution in [2.75, 3.05) is 0 Å². The molecule has 1 aliphatic carbocycles. The molecule has 1 N–H and O–H groups in total. The molecule has 0 spiro atoms. The maximum atomic E-state index is 9.09. The molecule has 0 aromatic rings. The largest absolute Gasteiger partial charge is 0.411 e. The number of piperidine rings is 1. The van der Waals surface area contributed by atoms with Gasteiger partial charge in [-0.1, -0.05) is 24.4 Å². The summed E-state index contributed by atoms with van der Waals surface area (Å²) in [4.78, 5) is 6.35. The van der Waals surface area contributed by atoms with Gasteiger partial charge in [0.05, 0.1) is 11.8 Å². The van der Waals surface area contributed by atoms with Crippen LogP contribution in [-0.4, -0.2) is 33.2 Å². The summed E-state index contributed by atoms with van der Waals surface area (Å²) in [5, 5.41) is 14.7. The minimum atomic E-state index is -0.124. The van der Waals surface area contributed by atoms with Crippen LogP contribution in [0, 0.1) is 0 Å². The van der Waals surface area contributed by atoms with E-state index in [4.69, 9.17) is 10.0 Å². The number of rotatable bonds is 2. The first-order valence-corrected chi connectivity index (χ1v) is 7.52. The molecule has 0 radical (unpaired) electrons. The number of hydrogen-bond donors (Lipinski definition) is 1. The normalized spacial score (nSPS) is 28.3. The lowest BCUT2D eigenvalue weighted by molar-refractivity contribution is -0.297. The third-order valence-corrected chi connectivity index (χ3v) is 4.32. The third-order valence-electron chi connectivity index (χ3n) is 4.32. The summed E-state index contributed by atoms with van der Waals surface area (Å²) in [5.41, 5.74) is 0.625. The molecule has 2 rings (SSSR count). The van der Waals surface area contributed by atoms with Gasteiger partial charge in [0.25, 0.3) is 0 Å². The van der Waals surface area contributed by atoms with E-state index < -0.39 is 0 Å². The molecule has 1 saturated carbocycles. The molecular weight excluding hydrogens is 240 g/mol. The molecule has 0 bridgehead atoms. The molecule has 0 aromatic heterocycles. The second-order valence-corrected chi connectivity index (χ2v) is 7.30. The van der Waals surface area contributed by atoms with Crippen LogP contribution in [-0.2, 0) is 4.84 Å². The highest BCUT2D eigenvalue weighted by Crippen LogP contribution is 2.39. The minimum Gasteiger partial charge on any atom is -0.411 e. The van der Waals surface area contributed by atoms with E-state index in [1.807, 2.05) is 0 Å². The van der Waals surface area contributed by atoms with Gasteiger partial charge in [0, 0.05) is 23.9 Å². The molecule has 0 unspecified atom stereocenters. The number of hydroxylamine groups is 2. The number of hydrogen-bond acceptors (Lipinski definition) is 4. The quantitative estimate of drug-likeness (QED) is 0.613. The van der Waals surface area contributed by atoms with Crippen molar-refractivity contribution in [3.05, 3.63) is 0 Å². The highest BCUT2D eigenvalue weighted by Gasteiger charge is 2.46. The summed E-state index contributed by atoms with van der Waals surface area (Å²) in [7, 11) is 0. The Labute approximate surface area is 116 Å². The monoisotopic (exact) mass is 268 g/mol. The van der Waals surface area contributed by atoms with Crippen LogP contribution < -0.4 is 0 Å². The zero-order valence-corrected chi connectivity index (χ0v) is 12.8. The van der Waals surface area contributed by atoms with Crippen LogP contribution in [0.15, 0.2) is 5.16 Å². The molecule has 4 nitrogen and oxygen atoms in total. The van der Waals surface area contributed by atoms with Crippen LogP contribution in [0.3, 0.4) is 0 Å². The average molecular weight is 268 g/mol. The van der Waals surface area contributed by atoms with E-state index in [2.05, 4.69) is 37.9 Å². The smallest absolute Gasteiger partial charge is 0.0793 e. The van der Waals surface area contributed by atoms with E-state index in [1.54, 1.807) is 0 Å². The first kappa shape index (κ1) is 14.8. The summed E-state index contributed by atoms with van der Waals surface area (Å²) in [6.07, 6.45) is 8.13. The van der Waals surface area contributed by atoms with Gasteiger partial charge >= 0.3 is 0 Å². The Morgan fingerprint density at radius 1 is 1.05 bits per heavy atom. The minimum absolute atomic E-state index is 0.124. The standard InChI is InChI=1S/C15H28N2O2/c1-14(2)10-12(16-18)11-15(3,4)17(14)19-13-8-6-5-7-9-13/h13,18H,5-11H2,1-4H3. The van der Waals surface area contributed by atoms with E-state index in [1.165, 1.54) is 32.1 Å². The van der Waals surface area contributed by atoms with Crippen LogP contribution in [0.25, 0.3) is 0 Å². The Kier molecular flexibility index (Phi) is 4.21. The summed E-state index contributed by atoms with van der Waals surface area (Å²) < 4.78 is 0. The molecule has 2 aliphatic rings. The van der Waals surface area contributed by atoms with E-state index in [0.29, 0.717) is 6.10 Å². The van der Waals surface area contributed by atoms with E-state index in [-0.39, 0.29) is 11.1 Å². The van der Waals surface area contributed by atoms with Crippen LogP contribution >= 0.6 is 0 Å². The topological polar surface area (TPSA) is 45.1 Å². The zero-order valence-electron chi connectivity index (χ0n) is 12.8. The molecule has 0 amide bonds. The second kappa shape index (κ2) is 5.41. The predicted octanol–water partition coefficient (Wildman–Crippen LogP) is 3.73. The zero-order chi connectivity index (χ0) is 14.1. The van der Waals surface area contributed by atoms with E-state index in [9.17, 15) is 0 Å². The van der Waals surface area contributed by atoms with Gasteiger partial charge in [0.2, 0.25) is 0 Å². The van der Waals surface area contributed by atoms with Gasteiger partial charge in [0.15, 0.2) is 0 Å². The molecule has 4 heteroatoms. The summed E-state index contributed by atoms with van der Waals surface area (Å²) in [6, 6.07) is 0. The number of nitrogens with zero attached hydrogens (tertiary/aromatic N) is 2. The van der Waals surface area contributed by atoms with Gasteiger partial charge in [-0.05, 0) is 40.5 Å². The van der Waals surface area contributed by atoms with Crippen molar-refractivity contribution in [3.63, 3.8) is 0 Å². The third kappa shape index (κ3) is 3.29. The van der Waals surface area contributed by atoms with Gasteiger partial charge in [-0.2, -0.15) is 5.06 Å². The summed E-state index contributed by atoms with van der Waals surface area (Å²) in [5.74, 6) is 0. The fourth-order valence-electron chi connectivity index (χ4n) is 3.70. The van der Waals surface area contributed by atoms with Crippen LogP contribution in [0.2, 0.25) is 0 Å². The van der Waals surface area contributed by atoms with Crippen molar-refractivity contribution in [1.29, 1.82) is 0 Å². The fraction of sp³-hybridized carbons (Fsp3) is 0.933. The van der Waals surface area contributed by atoms with E-state index in [0.717, 1.165) is 18.6 Å². The van der Waals surface area contributed by atoms with Crippen molar-refractivity contribution in [3.8, 4) is 0 Å². The molecule has 1 saturated heterocycles. The van der Waals surface area contributed by atoms with Crippen LogP contribution in [0.5, 0.6) is 0 Å². The Bertz CT molecular complexity index is 324. The molecule has 2 fully saturated rings. The van der Waals surface area contributed by atoms with Gasteiger partial charge in [0.1, 0.15) is 0 Å². The molecule has 0 aromatic carbocycles. The maximum absolute atomic E-state index is 9.09. The lowest BCUT2D eigenvalue weighted by atomic mass is 9.81. The first-order valence-electron chi connectivity index (χ1n) is 7.52. The summed E-state index contributed by atoms with van der Waals surface area (Å²) in [6.45, 7) is 8.67. The maximum Gasteiger partial charge on any atom is 0.0793 e. The van der Waals surface area contributed by atoms with Crippen molar-refractivity contribution in [2.24, 2.45) is 5.16 Å². The van der Waals surface area contributed by atoms with E-state index >= 15 is 0 Å². The van der Waals surface area contributed by atoms with Crippen LogP contribution in [0.4, 0.5) is 0 Å². The lowest BCUT2D eigenvalue weighted by Crippen LogP contribution is -2.61. The number of oxime groups is 1. The summed E-state index contributed by atoms with van der Waals surface area (Å²) >= 11 is 0. The van der Waals surface area contributed by atoms with Gasteiger partial charge in [-0.3, -0.25) is 4.84 Å². The Morgan fingerprint density at radius 3 is 2.05 bits per heavy atom. The van der Waals surface area contributed by atoms with Crippen molar-refractivity contribution in [2.45, 2.75) is 89.8 Å². The van der Waals surface area contributed by atoms with Crippen LogP contribution in [0.1, 0.15) is 72.6 Å². The first-order chi connectivity index (χ1) is 8.85. The van der Waals surface area contributed by atoms with Gasteiger partial charge < -0.3 is 5.21 Å². The predicted molar refractivity (Wildman–Crippen MR) is 76.4 cm³/mol. The van der Waals surface area contributed by atoms with Gasteiger partial charge in [-0.15, -0.1) is 0 Å². The Morgan fingerprint density at radius 2 is 1.58 bits per heavy atom. The van der Waals surface area contributed by atoms with Crippen molar-refractivity contribution >= 4 is 5.71 Å². The second-order valence-electron chi connectivity index (χ2n) is 7.30. The highest BCUT2D eigenvalue weighted by molar-refractivity contribution is 5.86. The molecular formula is C15H28N2O2. The Balaban J connectivity index is 2.12. The Hall–Kier alpha value is -0.610. The molecule has 1 aliphatic heterocycles. The lowest BCUT2D eigenvalue weighted by Gasteiger charge is -2.52. The highest BCUT2D eigenvalue weighted by atomic mass is 16.7.